The maximum absolute atomic E-state index is 12.5. The van der Waals surface area contributed by atoms with Crippen molar-refractivity contribution in [3.63, 3.8) is 0 Å². The van der Waals surface area contributed by atoms with Gasteiger partial charge in [-0.3, -0.25) is 9.69 Å². The van der Waals surface area contributed by atoms with E-state index in [0.29, 0.717) is 5.92 Å². The number of hydrogen-bond donors (Lipinski definition) is 0. The summed E-state index contributed by atoms with van der Waals surface area (Å²) in [6.45, 7) is 8.53. The molecule has 7 heteroatoms. The highest BCUT2D eigenvalue weighted by atomic mass is 16.5. The normalized spacial score (nSPS) is 22.7. The van der Waals surface area contributed by atoms with Gasteiger partial charge in [0.05, 0.1) is 13.2 Å². The molecule has 122 valence electrons. The molecule has 1 atom stereocenters. The van der Waals surface area contributed by atoms with Gasteiger partial charge in [-0.1, -0.05) is 0 Å². The Balaban J connectivity index is 1.45. The molecule has 22 heavy (non-hydrogen) atoms. The van der Waals surface area contributed by atoms with Crippen molar-refractivity contribution in [3.05, 3.63) is 12.7 Å². The van der Waals surface area contributed by atoms with Crippen molar-refractivity contribution < 1.29 is 9.53 Å². The number of aromatic nitrogens is 3. The second-order valence-electron chi connectivity index (χ2n) is 6.23. The molecule has 1 aromatic rings. The predicted octanol–water partition coefficient (Wildman–Crippen LogP) is 0.410. The van der Waals surface area contributed by atoms with Gasteiger partial charge >= 0.3 is 0 Å². The van der Waals surface area contributed by atoms with Gasteiger partial charge in [0.2, 0.25) is 5.91 Å². The zero-order valence-corrected chi connectivity index (χ0v) is 13.2. The average molecular weight is 307 g/mol. The van der Waals surface area contributed by atoms with E-state index in [-0.39, 0.29) is 11.9 Å². The molecule has 2 aliphatic rings. The molecular weight excluding hydrogens is 282 g/mol. The summed E-state index contributed by atoms with van der Waals surface area (Å²) >= 11 is 0. The second kappa shape index (κ2) is 7.19. The molecule has 0 bridgehead atoms. The zero-order valence-electron chi connectivity index (χ0n) is 13.2. The van der Waals surface area contributed by atoms with Crippen LogP contribution in [0.4, 0.5) is 0 Å². The van der Waals surface area contributed by atoms with E-state index in [9.17, 15) is 4.79 Å². The van der Waals surface area contributed by atoms with E-state index >= 15 is 0 Å². The van der Waals surface area contributed by atoms with Crippen molar-refractivity contribution in [3.8, 4) is 0 Å². The van der Waals surface area contributed by atoms with E-state index in [0.717, 1.165) is 58.8 Å². The van der Waals surface area contributed by atoms with Crippen LogP contribution in [0, 0.1) is 5.92 Å². The lowest BCUT2D eigenvalue weighted by atomic mass is 9.95. The Bertz CT molecular complexity index is 464. The number of morpholine rings is 1. The van der Waals surface area contributed by atoms with Crippen LogP contribution in [0.15, 0.2) is 12.7 Å². The van der Waals surface area contributed by atoms with Crippen LogP contribution < -0.4 is 0 Å². The van der Waals surface area contributed by atoms with Gasteiger partial charge in [-0.2, -0.15) is 5.10 Å². The molecular formula is C15H25N5O2. The lowest BCUT2D eigenvalue weighted by Gasteiger charge is -2.36. The Morgan fingerprint density at radius 1 is 1.27 bits per heavy atom. The fraction of sp³-hybridized carbons (Fsp3) is 0.800. The highest BCUT2D eigenvalue weighted by Gasteiger charge is 2.28. The van der Waals surface area contributed by atoms with Crippen molar-refractivity contribution in [2.24, 2.45) is 5.92 Å². The monoisotopic (exact) mass is 307 g/mol. The summed E-state index contributed by atoms with van der Waals surface area (Å²) in [6.07, 6.45) is 5.26. The third kappa shape index (κ3) is 3.64. The van der Waals surface area contributed by atoms with Crippen molar-refractivity contribution >= 4 is 5.91 Å². The molecule has 2 aliphatic heterocycles. The summed E-state index contributed by atoms with van der Waals surface area (Å²) in [4.78, 5) is 20.9. The fourth-order valence-corrected chi connectivity index (χ4v) is 3.28. The van der Waals surface area contributed by atoms with Gasteiger partial charge in [-0.25, -0.2) is 9.67 Å². The van der Waals surface area contributed by atoms with Gasteiger partial charge in [-0.05, 0) is 25.7 Å². The Labute approximate surface area is 131 Å². The van der Waals surface area contributed by atoms with Gasteiger partial charge < -0.3 is 9.64 Å². The van der Waals surface area contributed by atoms with E-state index in [1.54, 1.807) is 11.0 Å². The number of carbonyl (C=O) groups is 1. The van der Waals surface area contributed by atoms with Crippen LogP contribution >= 0.6 is 0 Å². The Morgan fingerprint density at radius 2 is 2.00 bits per heavy atom. The van der Waals surface area contributed by atoms with Gasteiger partial charge in [0.25, 0.3) is 0 Å². The van der Waals surface area contributed by atoms with Crippen LogP contribution in [0.5, 0.6) is 0 Å². The first-order valence-electron chi connectivity index (χ1n) is 8.17. The lowest BCUT2D eigenvalue weighted by molar-refractivity contribution is -0.136. The molecule has 3 heterocycles. The molecule has 0 spiro atoms. The van der Waals surface area contributed by atoms with Crippen molar-refractivity contribution in [2.45, 2.75) is 25.8 Å². The summed E-state index contributed by atoms with van der Waals surface area (Å²) in [6, 6.07) is -0.265. The predicted molar refractivity (Wildman–Crippen MR) is 81.3 cm³/mol. The largest absolute Gasteiger partial charge is 0.379 e. The lowest BCUT2D eigenvalue weighted by Crippen LogP contribution is -2.45. The van der Waals surface area contributed by atoms with E-state index < -0.39 is 0 Å². The third-order valence-corrected chi connectivity index (χ3v) is 4.74. The first-order chi connectivity index (χ1) is 10.7. The molecule has 2 fully saturated rings. The quantitative estimate of drug-likeness (QED) is 0.806. The minimum Gasteiger partial charge on any atom is -0.379 e. The second-order valence-corrected chi connectivity index (χ2v) is 6.23. The third-order valence-electron chi connectivity index (χ3n) is 4.74. The number of piperidine rings is 1. The molecule has 0 saturated carbocycles. The highest BCUT2D eigenvalue weighted by Crippen LogP contribution is 2.21. The summed E-state index contributed by atoms with van der Waals surface area (Å²) < 4.78 is 7.02. The van der Waals surface area contributed by atoms with E-state index in [4.69, 9.17) is 4.74 Å². The maximum Gasteiger partial charge on any atom is 0.247 e. The van der Waals surface area contributed by atoms with Crippen LogP contribution in [0.2, 0.25) is 0 Å². The fourth-order valence-electron chi connectivity index (χ4n) is 3.28. The molecule has 0 aliphatic carbocycles. The summed E-state index contributed by atoms with van der Waals surface area (Å²) in [5, 5.41) is 4.06. The Morgan fingerprint density at radius 3 is 2.64 bits per heavy atom. The molecule has 7 nitrogen and oxygen atoms in total. The van der Waals surface area contributed by atoms with Gasteiger partial charge in [0.15, 0.2) is 0 Å². The zero-order chi connectivity index (χ0) is 15.4. The number of nitrogens with zero attached hydrogens (tertiary/aromatic N) is 5. The van der Waals surface area contributed by atoms with Crippen LogP contribution in [-0.4, -0.2) is 76.4 Å². The highest BCUT2D eigenvalue weighted by molar-refractivity contribution is 5.80. The maximum atomic E-state index is 12.5. The first-order valence-corrected chi connectivity index (χ1v) is 8.17. The molecule has 0 radical (unpaired) electrons. The Hall–Kier alpha value is -1.47. The SMILES string of the molecule is C[C@H](C(=O)N1CCC(CN2CCOCC2)CC1)n1cncn1. The number of rotatable bonds is 4. The van der Waals surface area contributed by atoms with Crippen LogP contribution in [-0.2, 0) is 9.53 Å². The van der Waals surface area contributed by atoms with E-state index in [1.165, 1.54) is 6.33 Å². The standard InChI is InChI=1S/C15H25N5O2/c1-13(20-12-16-11-17-20)15(21)19-4-2-14(3-5-19)10-18-6-8-22-9-7-18/h11-14H,2-10H2,1H3/t13-/m1/s1. The molecule has 3 rings (SSSR count). The van der Waals surface area contributed by atoms with E-state index in [1.807, 2.05) is 11.8 Å². The number of likely N-dealkylation sites (tertiary alicyclic amines) is 1. The van der Waals surface area contributed by atoms with Gasteiger partial charge in [-0.15, -0.1) is 0 Å². The van der Waals surface area contributed by atoms with Crippen LogP contribution in [0.3, 0.4) is 0 Å². The number of amides is 1. The van der Waals surface area contributed by atoms with Crippen molar-refractivity contribution in [2.75, 3.05) is 45.9 Å². The molecule has 2 saturated heterocycles. The van der Waals surface area contributed by atoms with Crippen LogP contribution in [0.25, 0.3) is 0 Å². The average Bonchev–Trinajstić information content (AvgIpc) is 3.10. The summed E-state index contributed by atoms with van der Waals surface area (Å²) in [5.74, 6) is 0.846. The Kier molecular flexibility index (Phi) is 5.04. The smallest absolute Gasteiger partial charge is 0.247 e. The number of ether oxygens (including phenoxy) is 1. The van der Waals surface area contributed by atoms with Gasteiger partial charge in [0.1, 0.15) is 18.7 Å². The minimum absolute atomic E-state index is 0.148. The molecule has 0 unspecified atom stereocenters. The molecule has 0 aromatic carbocycles. The summed E-state index contributed by atoms with van der Waals surface area (Å²) in [7, 11) is 0. The van der Waals surface area contributed by atoms with Crippen LogP contribution in [0.1, 0.15) is 25.8 Å². The minimum atomic E-state index is -0.265. The van der Waals surface area contributed by atoms with Crippen molar-refractivity contribution in [1.29, 1.82) is 0 Å². The number of hydrogen-bond acceptors (Lipinski definition) is 5. The topological polar surface area (TPSA) is 63.5 Å². The van der Waals surface area contributed by atoms with Crippen molar-refractivity contribution in [1.82, 2.24) is 24.6 Å². The molecule has 1 aromatic heterocycles. The molecule has 1 amide bonds. The summed E-state index contributed by atoms with van der Waals surface area (Å²) in [5.41, 5.74) is 0. The first kappa shape index (κ1) is 15.4. The van der Waals surface area contributed by atoms with E-state index in [2.05, 4.69) is 15.0 Å². The number of carbonyl (C=O) groups excluding carboxylic acids is 1. The van der Waals surface area contributed by atoms with Gasteiger partial charge in [0, 0.05) is 32.7 Å². The molecule has 0 N–H and O–H groups in total.